The average Bonchev–Trinajstić information content (AvgIpc) is 2.48. The van der Waals surface area contributed by atoms with Gasteiger partial charge in [0, 0.05) is 11.8 Å². The van der Waals surface area contributed by atoms with Gasteiger partial charge >= 0.3 is 0 Å². The van der Waals surface area contributed by atoms with E-state index in [0.717, 1.165) is 17.1 Å². The van der Waals surface area contributed by atoms with Gasteiger partial charge in [-0.15, -0.1) is 0 Å². The van der Waals surface area contributed by atoms with Crippen molar-refractivity contribution >= 4 is 11.5 Å². The number of anilines is 1. The number of para-hydroxylation sites is 1. The van der Waals surface area contributed by atoms with Crippen LogP contribution in [0.5, 0.6) is 0 Å². The van der Waals surface area contributed by atoms with Crippen molar-refractivity contribution in [1.82, 2.24) is 5.32 Å². The molecule has 0 radical (unpaired) electrons. The second-order valence-corrected chi connectivity index (χ2v) is 5.15. The Morgan fingerprint density at radius 3 is 2.29 bits per heavy atom. The zero-order valence-electron chi connectivity index (χ0n) is 11.9. The Bertz CT molecular complexity index is 676. The third-order valence-corrected chi connectivity index (χ3v) is 3.41. The van der Waals surface area contributed by atoms with Crippen molar-refractivity contribution in [1.29, 1.82) is 0 Å². The fraction of sp³-hybridized carbons (Fsp3) is 0.118. The molecule has 1 unspecified atom stereocenters. The van der Waals surface area contributed by atoms with Crippen LogP contribution in [0.4, 0.5) is 5.69 Å². The Balaban J connectivity index is 1.87. The monoisotopic (exact) mass is 278 g/mol. The summed E-state index contributed by atoms with van der Waals surface area (Å²) in [6, 6.07) is 20.0. The molecule has 21 heavy (non-hydrogen) atoms. The van der Waals surface area contributed by atoms with Crippen molar-refractivity contribution in [3.63, 3.8) is 0 Å². The van der Waals surface area contributed by atoms with Gasteiger partial charge < -0.3 is 16.4 Å². The molecule has 0 fully saturated rings. The van der Waals surface area contributed by atoms with Gasteiger partial charge in [0.25, 0.3) is 0 Å². The first-order valence-corrected chi connectivity index (χ1v) is 6.88. The third-order valence-electron chi connectivity index (χ3n) is 3.41. The molecule has 4 heteroatoms. The highest BCUT2D eigenvalue weighted by atomic mass is 15.2. The molecule has 0 aromatic heterocycles. The lowest BCUT2D eigenvalue weighted by Gasteiger charge is -2.33. The minimum atomic E-state index is -0.572. The largest absolute Gasteiger partial charge is 0.384 e. The molecule has 1 atom stereocenters. The molecule has 1 aliphatic rings. The lowest BCUT2D eigenvalue weighted by Crippen LogP contribution is -2.44. The van der Waals surface area contributed by atoms with Gasteiger partial charge in [0.2, 0.25) is 0 Å². The number of nitrogens with two attached hydrogens (primary N) is 1. The van der Waals surface area contributed by atoms with E-state index >= 15 is 0 Å². The third kappa shape index (κ3) is 2.89. The van der Waals surface area contributed by atoms with E-state index in [9.17, 15) is 0 Å². The summed E-state index contributed by atoms with van der Waals surface area (Å²) in [4.78, 5) is 4.54. The maximum atomic E-state index is 5.99. The molecule has 4 N–H and O–H groups in total. The molecule has 2 aromatic carbocycles. The highest BCUT2D eigenvalue weighted by molar-refractivity contribution is 5.93. The molecule has 106 valence electrons. The molecule has 4 nitrogen and oxygen atoms in total. The molecule has 0 saturated heterocycles. The number of aliphatic imine (C=N–C) groups is 1. The Kier molecular flexibility index (Phi) is 3.36. The molecule has 1 aliphatic heterocycles. The maximum Gasteiger partial charge on any atom is 0.156 e. The molecule has 3 rings (SSSR count). The summed E-state index contributed by atoms with van der Waals surface area (Å²) < 4.78 is 0. The molecule has 1 heterocycles. The van der Waals surface area contributed by atoms with Gasteiger partial charge in [0.1, 0.15) is 11.7 Å². The molecule has 0 bridgehead atoms. The Labute approximate surface area is 124 Å². The highest BCUT2D eigenvalue weighted by Crippen LogP contribution is 2.26. The molecule has 0 amide bonds. The van der Waals surface area contributed by atoms with E-state index in [-0.39, 0.29) is 0 Å². The second kappa shape index (κ2) is 5.32. The van der Waals surface area contributed by atoms with E-state index in [1.54, 1.807) is 6.08 Å². The van der Waals surface area contributed by atoms with Crippen LogP contribution in [0.1, 0.15) is 12.5 Å². The molecule has 2 aromatic rings. The second-order valence-electron chi connectivity index (χ2n) is 5.15. The SMILES string of the molecule is CC1(c2ccccc2)N=C(N)C=C(Nc2ccccc2)N1. The van der Waals surface area contributed by atoms with Crippen LogP contribution >= 0.6 is 0 Å². The van der Waals surface area contributed by atoms with Crippen molar-refractivity contribution in [3.8, 4) is 0 Å². The van der Waals surface area contributed by atoms with Gasteiger partial charge in [-0.1, -0.05) is 48.5 Å². The topological polar surface area (TPSA) is 62.4 Å². The fourth-order valence-corrected chi connectivity index (χ4v) is 2.41. The van der Waals surface area contributed by atoms with E-state index in [2.05, 4.69) is 15.6 Å². The zero-order valence-corrected chi connectivity index (χ0v) is 11.9. The van der Waals surface area contributed by atoms with Crippen molar-refractivity contribution in [2.45, 2.75) is 12.6 Å². The summed E-state index contributed by atoms with van der Waals surface area (Å²) in [5.41, 5.74) is 7.48. The van der Waals surface area contributed by atoms with Crippen LogP contribution in [0, 0.1) is 0 Å². The van der Waals surface area contributed by atoms with Crippen LogP contribution in [-0.2, 0) is 5.66 Å². The Hall–Kier alpha value is -2.75. The van der Waals surface area contributed by atoms with E-state index in [1.807, 2.05) is 67.6 Å². The number of benzene rings is 2. The average molecular weight is 278 g/mol. The van der Waals surface area contributed by atoms with Crippen LogP contribution in [0.15, 0.2) is 77.6 Å². The minimum absolute atomic E-state index is 0.499. The Morgan fingerprint density at radius 1 is 1.00 bits per heavy atom. The molecule has 0 spiro atoms. The van der Waals surface area contributed by atoms with Gasteiger partial charge in [0.15, 0.2) is 5.66 Å². The smallest absolute Gasteiger partial charge is 0.156 e. The first-order chi connectivity index (χ1) is 10.2. The van der Waals surface area contributed by atoms with Gasteiger partial charge in [-0.2, -0.15) is 0 Å². The number of amidine groups is 1. The lowest BCUT2D eigenvalue weighted by atomic mass is 10.0. The van der Waals surface area contributed by atoms with Crippen molar-refractivity contribution in [3.05, 3.63) is 78.1 Å². The van der Waals surface area contributed by atoms with Crippen molar-refractivity contribution in [2.75, 3.05) is 5.32 Å². The first kappa shape index (κ1) is 13.2. The minimum Gasteiger partial charge on any atom is -0.384 e. The number of rotatable bonds is 3. The summed E-state index contributed by atoms with van der Waals surface area (Å²) in [5.74, 6) is 1.33. The summed E-state index contributed by atoms with van der Waals surface area (Å²) >= 11 is 0. The van der Waals surface area contributed by atoms with Crippen LogP contribution < -0.4 is 16.4 Å². The fourth-order valence-electron chi connectivity index (χ4n) is 2.41. The lowest BCUT2D eigenvalue weighted by molar-refractivity contribution is 0.422. The normalized spacial score (nSPS) is 21.0. The summed E-state index contributed by atoms with van der Waals surface area (Å²) in [5, 5.41) is 6.73. The molecular formula is C17H18N4. The molecular weight excluding hydrogens is 260 g/mol. The van der Waals surface area contributed by atoms with Gasteiger partial charge in [-0.05, 0) is 24.6 Å². The molecule has 0 saturated carbocycles. The van der Waals surface area contributed by atoms with Crippen molar-refractivity contribution < 1.29 is 0 Å². The van der Waals surface area contributed by atoms with Crippen LogP contribution in [0.25, 0.3) is 0 Å². The number of hydrogen-bond acceptors (Lipinski definition) is 4. The van der Waals surface area contributed by atoms with Crippen molar-refractivity contribution in [2.24, 2.45) is 10.7 Å². The zero-order chi connectivity index (χ0) is 14.7. The quantitative estimate of drug-likeness (QED) is 0.809. The van der Waals surface area contributed by atoms with E-state index in [4.69, 9.17) is 5.73 Å². The maximum absolute atomic E-state index is 5.99. The van der Waals surface area contributed by atoms with Crippen LogP contribution in [-0.4, -0.2) is 5.84 Å². The van der Waals surface area contributed by atoms with Gasteiger partial charge in [-0.3, -0.25) is 0 Å². The number of hydrogen-bond donors (Lipinski definition) is 3. The highest BCUT2D eigenvalue weighted by Gasteiger charge is 2.29. The standard InChI is InChI=1S/C17H18N4/c1-17(13-8-4-2-5-9-13)20-15(18)12-16(21-17)19-14-10-6-3-7-11-14/h2-12,19,21H,1H3,(H2,18,20). The first-order valence-electron chi connectivity index (χ1n) is 6.88. The number of nitrogens with zero attached hydrogens (tertiary/aromatic N) is 1. The van der Waals surface area contributed by atoms with Crippen LogP contribution in [0.3, 0.4) is 0 Å². The van der Waals surface area contributed by atoms with Crippen LogP contribution in [0.2, 0.25) is 0 Å². The number of nitrogens with one attached hydrogen (secondary N) is 2. The van der Waals surface area contributed by atoms with E-state index in [1.165, 1.54) is 0 Å². The summed E-state index contributed by atoms with van der Waals surface area (Å²) in [6.07, 6.45) is 1.80. The van der Waals surface area contributed by atoms with Gasteiger partial charge in [0.05, 0.1) is 0 Å². The Morgan fingerprint density at radius 2 is 1.62 bits per heavy atom. The van der Waals surface area contributed by atoms with E-state index in [0.29, 0.717) is 5.84 Å². The predicted molar refractivity (Wildman–Crippen MR) is 86.7 cm³/mol. The molecule has 0 aliphatic carbocycles. The summed E-state index contributed by atoms with van der Waals surface area (Å²) in [7, 11) is 0. The van der Waals surface area contributed by atoms with E-state index < -0.39 is 5.66 Å². The summed E-state index contributed by atoms with van der Waals surface area (Å²) in [6.45, 7) is 2.01. The van der Waals surface area contributed by atoms with Gasteiger partial charge in [-0.25, -0.2) is 4.99 Å². The predicted octanol–water partition coefficient (Wildman–Crippen LogP) is 2.77.